The highest BCUT2D eigenvalue weighted by Crippen LogP contribution is 2.30. The fourth-order valence-electron chi connectivity index (χ4n) is 1.93. The van der Waals surface area contributed by atoms with Crippen molar-refractivity contribution in [1.29, 1.82) is 0 Å². The van der Waals surface area contributed by atoms with E-state index in [1.54, 1.807) is 18.6 Å². The molecule has 1 aromatic heterocycles. The highest BCUT2D eigenvalue weighted by atomic mass is 16.3. The summed E-state index contributed by atoms with van der Waals surface area (Å²) < 4.78 is 0. The molecule has 1 aromatic rings. The summed E-state index contributed by atoms with van der Waals surface area (Å²) in [6.45, 7) is 2.94. The molecule has 2 heterocycles. The van der Waals surface area contributed by atoms with Crippen LogP contribution in [0.15, 0.2) is 18.6 Å². The molecular formula is C10H15N3O. The van der Waals surface area contributed by atoms with Gasteiger partial charge in [-0.1, -0.05) is 0 Å². The van der Waals surface area contributed by atoms with Gasteiger partial charge in [-0.2, -0.15) is 0 Å². The van der Waals surface area contributed by atoms with Gasteiger partial charge in [-0.15, -0.1) is 0 Å². The van der Waals surface area contributed by atoms with Crippen molar-refractivity contribution in [1.82, 2.24) is 15.3 Å². The molecule has 2 rings (SSSR count). The molecule has 0 bridgehead atoms. The minimum atomic E-state index is -0.855. The van der Waals surface area contributed by atoms with Crippen LogP contribution in [0.2, 0.25) is 0 Å². The van der Waals surface area contributed by atoms with Gasteiger partial charge in [0.25, 0.3) is 0 Å². The summed E-state index contributed by atoms with van der Waals surface area (Å²) >= 11 is 0. The van der Waals surface area contributed by atoms with Crippen molar-refractivity contribution >= 4 is 0 Å². The van der Waals surface area contributed by atoms with Crippen LogP contribution >= 0.6 is 0 Å². The molecule has 1 aliphatic heterocycles. The van der Waals surface area contributed by atoms with E-state index in [1.807, 2.05) is 6.92 Å². The Morgan fingerprint density at radius 3 is 3.07 bits per heavy atom. The number of aliphatic hydroxyl groups is 1. The molecule has 2 N–H and O–H groups in total. The second-order valence-electron chi connectivity index (χ2n) is 3.79. The fraction of sp³-hybridized carbons (Fsp3) is 0.600. The second-order valence-corrected chi connectivity index (χ2v) is 3.79. The molecule has 1 saturated heterocycles. The monoisotopic (exact) mass is 193 g/mol. The summed E-state index contributed by atoms with van der Waals surface area (Å²) in [6, 6.07) is 0.0351. The Hall–Kier alpha value is -1.00. The zero-order chi connectivity index (χ0) is 10.0. The van der Waals surface area contributed by atoms with E-state index in [0.29, 0.717) is 5.69 Å². The molecule has 0 spiro atoms. The maximum Gasteiger partial charge on any atom is 0.123 e. The van der Waals surface area contributed by atoms with Gasteiger partial charge in [0, 0.05) is 18.4 Å². The van der Waals surface area contributed by atoms with Gasteiger partial charge in [0.2, 0.25) is 0 Å². The van der Waals surface area contributed by atoms with Gasteiger partial charge in [0.1, 0.15) is 5.60 Å². The van der Waals surface area contributed by atoms with E-state index in [1.165, 1.54) is 0 Å². The summed E-state index contributed by atoms with van der Waals surface area (Å²) in [4.78, 5) is 8.16. The van der Waals surface area contributed by atoms with Crippen LogP contribution in [0.4, 0.5) is 0 Å². The molecule has 0 saturated carbocycles. The fourth-order valence-corrected chi connectivity index (χ4v) is 1.93. The Bertz CT molecular complexity index is 303. The predicted octanol–water partition coefficient (Wildman–Crippen LogP) is 0.436. The van der Waals surface area contributed by atoms with Crippen LogP contribution in [-0.4, -0.2) is 27.7 Å². The highest BCUT2D eigenvalue weighted by molar-refractivity contribution is 5.12. The molecule has 1 fully saturated rings. The molecule has 14 heavy (non-hydrogen) atoms. The zero-order valence-electron chi connectivity index (χ0n) is 8.27. The van der Waals surface area contributed by atoms with Crippen LogP contribution in [0.25, 0.3) is 0 Å². The first-order valence-corrected chi connectivity index (χ1v) is 4.96. The Morgan fingerprint density at radius 1 is 1.57 bits per heavy atom. The first-order valence-electron chi connectivity index (χ1n) is 4.96. The van der Waals surface area contributed by atoms with Crippen molar-refractivity contribution in [3.8, 4) is 0 Å². The van der Waals surface area contributed by atoms with Crippen LogP contribution in [0.5, 0.6) is 0 Å². The molecule has 0 radical (unpaired) electrons. The van der Waals surface area contributed by atoms with Gasteiger partial charge < -0.3 is 10.4 Å². The molecule has 76 valence electrons. The highest BCUT2D eigenvalue weighted by Gasteiger charge is 2.38. The third-order valence-electron chi connectivity index (χ3n) is 2.91. The van der Waals surface area contributed by atoms with Gasteiger partial charge in [-0.25, -0.2) is 0 Å². The Labute approximate surface area is 83.4 Å². The Morgan fingerprint density at radius 2 is 2.43 bits per heavy atom. The molecule has 2 atom stereocenters. The van der Waals surface area contributed by atoms with Crippen LogP contribution in [0, 0.1) is 0 Å². The topological polar surface area (TPSA) is 58.0 Å². The number of nitrogens with one attached hydrogen (secondary N) is 1. The van der Waals surface area contributed by atoms with Crippen LogP contribution in [-0.2, 0) is 5.60 Å². The summed E-state index contributed by atoms with van der Waals surface area (Å²) in [5, 5.41) is 13.7. The molecule has 1 aliphatic rings. The normalized spacial score (nSPS) is 32.9. The minimum Gasteiger partial charge on any atom is -0.382 e. The van der Waals surface area contributed by atoms with E-state index in [0.717, 1.165) is 19.4 Å². The molecule has 4 heteroatoms. The summed E-state index contributed by atoms with van der Waals surface area (Å²) in [5.41, 5.74) is -0.188. The lowest BCUT2D eigenvalue weighted by atomic mass is 9.84. The molecule has 0 aromatic carbocycles. The van der Waals surface area contributed by atoms with E-state index in [9.17, 15) is 5.11 Å². The Balaban J connectivity index is 2.30. The molecular weight excluding hydrogens is 178 g/mol. The van der Waals surface area contributed by atoms with Crippen LogP contribution < -0.4 is 5.32 Å². The number of hydrogen-bond acceptors (Lipinski definition) is 4. The van der Waals surface area contributed by atoms with Gasteiger partial charge in [0.15, 0.2) is 0 Å². The number of piperidine rings is 1. The van der Waals surface area contributed by atoms with E-state index in [2.05, 4.69) is 15.3 Å². The average molecular weight is 193 g/mol. The van der Waals surface area contributed by atoms with Crippen molar-refractivity contribution in [3.63, 3.8) is 0 Å². The van der Waals surface area contributed by atoms with Gasteiger partial charge >= 0.3 is 0 Å². The lowest BCUT2D eigenvalue weighted by molar-refractivity contribution is -0.0267. The van der Waals surface area contributed by atoms with Gasteiger partial charge in [-0.3, -0.25) is 9.97 Å². The van der Waals surface area contributed by atoms with Crippen LogP contribution in [0.3, 0.4) is 0 Å². The molecule has 0 aliphatic carbocycles. The molecule has 2 unspecified atom stereocenters. The van der Waals surface area contributed by atoms with Crippen molar-refractivity contribution in [2.24, 2.45) is 0 Å². The zero-order valence-corrected chi connectivity index (χ0v) is 8.27. The number of hydrogen-bond donors (Lipinski definition) is 2. The van der Waals surface area contributed by atoms with E-state index >= 15 is 0 Å². The lowest BCUT2D eigenvalue weighted by Gasteiger charge is -2.37. The number of rotatable bonds is 1. The average Bonchev–Trinajstić information content (AvgIpc) is 2.24. The maximum atomic E-state index is 10.4. The smallest absolute Gasteiger partial charge is 0.123 e. The minimum absolute atomic E-state index is 0.0351. The maximum absolute atomic E-state index is 10.4. The second kappa shape index (κ2) is 3.63. The standard InChI is InChI=1S/C10H15N3O/c1-8-10(14,3-2-4-12-8)9-7-11-5-6-13-9/h5-8,12,14H,2-4H2,1H3. The summed E-state index contributed by atoms with van der Waals surface area (Å²) in [6.07, 6.45) is 6.60. The SMILES string of the molecule is CC1NCCCC1(O)c1cnccn1. The van der Waals surface area contributed by atoms with E-state index in [4.69, 9.17) is 0 Å². The number of nitrogens with zero attached hydrogens (tertiary/aromatic N) is 2. The molecule has 4 nitrogen and oxygen atoms in total. The van der Waals surface area contributed by atoms with Crippen molar-refractivity contribution in [3.05, 3.63) is 24.3 Å². The predicted molar refractivity (Wildman–Crippen MR) is 52.6 cm³/mol. The van der Waals surface area contributed by atoms with Crippen LogP contribution in [0.1, 0.15) is 25.5 Å². The first-order chi connectivity index (χ1) is 6.73. The Kier molecular flexibility index (Phi) is 2.48. The van der Waals surface area contributed by atoms with Crippen molar-refractivity contribution < 1.29 is 5.11 Å². The van der Waals surface area contributed by atoms with E-state index < -0.39 is 5.60 Å². The molecule has 0 amide bonds. The van der Waals surface area contributed by atoms with Gasteiger partial charge in [-0.05, 0) is 26.3 Å². The van der Waals surface area contributed by atoms with Crippen molar-refractivity contribution in [2.75, 3.05) is 6.54 Å². The van der Waals surface area contributed by atoms with Gasteiger partial charge in [0.05, 0.1) is 11.9 Å². The third kappa shape index (κ3) is 1.51. The quantitative estimate of drug-likeness (QED) is 0.679. The number of aromatic nitrogens is 2. The summed E-state index contributed by atoms with van der Waals surface area (Å²) in [7, 11) is 0. The summed E-state index contributed by atoms with van der Waals surface area (Å²) in [5.74, 6) is 0. The lowest BCUT2D eigenvalue weighted by Crippen LogP contribution is -2.51. The third-order valence-corrected chi connectivity index (χ3v) is 2.91. The van der Waals surface area contributed by atoms with Crippen molar-refractivity contribution in [2.45, 2.75) is 31.4 Å². The first kappa shape index (κ1) is 9.55. The van der Waals surface area contributed by atoms with E-state index in [-0.39, 0.29) is 6.04 Å². The largest absolute Gasteiger partial charge is 0.382 e.